The van der Waals surface area contributed by atoms with E-state index in [1.165, 1.54) is 0 Å². The van der Waals surface area contributed by atoms with Gasteiger partial charge >= 0.3 is 19.5 Å². The molecule has 0 saturated heterocycles. The zero-order chi connectivity index (χ0) is 10.6. The minimum absolute atomic E-state index is 0. The third-order valence-corrected chi connectivity index (χ3v) is 0.333. The Morgan fingerprint density at radius 2 is 1.00 bits per heavy atom. The van der Waals surface area contributed by atoms with Crippen LogP contribution >= 0.6 is 0 Å². The summed E-state index contributed by atoms with van der Waals surface area (Å²) in [7, 11) is 0. The molecule has 13 heavy (non-hydrogen) atoms. The topological polar surface area (TPSA) is 80.3 Å². The largest absolute Gasteiger partial charge is 2.00 e. The fraction of sp³-hybridized carbons (Fsp3) is 0. The summed E-state index contributed by atoms with van der Waals surface area (Å²) < 4.78 is 0. The summed E-state index contributed by atoms with van der Waals surface area (Å²) in [6.07, 6.45) is 1.44. The summed E-state index contributed by atoms with van der Waals surface area (Å²) in [4.78, 5) is 18.3. The number of hydrogen-bond acceptors (Lipinski definition) is 4. The molecule has 0 fully saturated rings. The first-order chi connectivity index (χ1) is 5.54. The van der Waals surface area contributed by atoms with Crippen LogP contribution in [0.15, 0.2) is 38.5 Å². The summed E-state index contributed by atoms with van der Waals surface area (Å²) in [6, 6.07) is 0. The molecule has 0 radical (unpaired) electrons. The number of aliphatic carboxylic acids is 2. The van der Waals surface area contributed by atoms with Crippen LogP contribution in [-0.2, 0) is 29.1 Å². The van der Waals surface area contributed by atoms with Gasteiger partial charge in [0.15, 0.2) is 0 Å². The van der Waals surface area contributed by atoms with Crippen molar-refractivity contribution in [2.75, 3.05) is 0 Å². The molecule has 0 aromatic heterocycles. The van der Waals surface area contributed by atoms with Gasteiger partial charge in [-0.3, -0.25) is 0 Å². The molecule has 0 amide bonds. The third kappa shape index (κ3) is 107. The average Bonchev–Trinajstić information content (AvgIpc) is 2.09. The molecule has 0 saturated carbocycles. The zero-order valence-corrected chi connectivity index (χ0v) is 10.3. The van der Waals surface area contributed by atoms with E-state index < -0.39 is 11.9 Å². The summed E-state index contributed by atoms with van der Waals surface area (Å²) in [6.45, 7) is 11.8. The second-order valence-corrected chi connectivity index (χ2v) is 1.05. The van der Waals surface area contributed by atoms with E-state index in [9.17, 15) is 0 Å². The quantitative estimate of drug-likeness (QED) is 0.337. The van der Waals surface area contributed by atoms with Crippen LogP contribution in [0.4, 0.5) is 0 Å². The van der Waals surface area contributed by atoms with Crippen molar-refractivity contribution in [1.82, 2.24) is 0 Å². The molecule has 5 heteroatoms. The van der Waals surface area contributed by atoms with Crippen LogP contribution < -0.4 is 10.2 Å². The van der Waals surface area contributed by atoms with E-state index in [4.69, 9.17) is 19.8 Å². The van der Waals surface area contributed by atoms with E-state index in [0.29, 0.717) is 0 Å². The van der Waals surface area contributed by atoms with Crippen LogP contribution in [0.3, 0.4) is 0 Å². The Morgan fingerprint density at radius 3 is 1.00 bits per heavy atom. The Balaban J connectivity index is -0.0000000491. The molecule has 0 aromatic rings. The van der Waals surface area contributed by atoms with Gasteiger partial charge < -0.3 is 19.8 Å². The second-order valence-electron chi connectivity index (χ2n) is 1.05. The monoisotopic (exact) mass is 234 g/mol. The van der Waals surface area contributed by atoms with E-state index in [1.54, 1.807) is 0 Å². The molecule has 0 heterocycles. The number of carbonyl (C=O) groups is 2. The summed E-state index contributed by atoms with van der Waals surface area (Å²) in [5.74, 6) is -2.46. The van der Waals surface area contributed by atoms with Crippen molar-refractivity contribution in [3.05, 3.63) is 38.5 Å². The van der Waals surface area contributed by atoms with Gasteiger partial charge in [-0.25, -0.2) is 0 Å². The molecule has 68 valence electrons. The van der Waals surface area contributed by atoms with E-state index in [-0.39, 0.29) is 19.5 Å². The SMILES string of the molecule is C=C.C=CC(=O)[O-].C=CC(=O)[O-].[Zn+2]. The van der Waals surface area contributed by atoms with Gasteiger partial charge in [0.05, 0.1) is 11.9 Å². The Bertz CT molecular complexity index is 148. The van der Waals surface area contributed by atoms with Crippen molar-refractivity contribution in [3.63, 3.8) is 0 Å². The molecule has 0 unspecified atom stereocenters. The fourth-order valence-corrected chi connectivity index (χ4v) is 0. The fourth-order valence-electron chi connectivity index (χ4n) is 0. The second kappa shape index (κ2) is 22.4. The van der Waals surface area contributed by atoms with E-state index in [1.807, 2.05) is 0 Å². The molecule has 0 aliphatic heterocycles. The molecule has 0 atom stereocenters. The maximum absolute atomic E-state index is 9.14. The number of carboxylic acids is 2. The Hall–Kier alpha value is -1.22. The van der Waals surface area contributed by atoms with Crippen LogP contribution in [0.25, 0.3) is 0 Å². The Kier molecular flexibility index (Phi) is 39.0. The first-order valence-electron chi connectivity index (χ1n) is 2.71. The van der Waals surface area contributed by atoms with Crippen LogP contribution in [0.2, 0.25) is 0 Å². The normalized spacial score (nSPS) is 5.23. The van der Waals surface area contributed by atoms with Gasteiger partial charge in [-0.2, -0.15) is 0 Å². The molecule has 4 nitrogen and oxygen atoms in total. The van der Waals surface area contributed by atoms with Crippen LogP contribution in [0.1, 0.15) is 0 Å². The van der Waals surface area contributed by atoms with Crippen molar-refractivity contribution in [2.45, 2.75) is 0 Å². The van der Waals surface area contributed by atoms with Gasteiger partial charge in [0.25, 0.3) is 0 Å². The van der Waals surface area contributed by atoms with E-state index in [0.717, 1.165) is 12.2 Å². The summed E-state index contributed by atoms with van der Waals surface area (Å²) in [5, 5.41) is 18.3. The number of rotatable bonds is 2. The molecule has 0 rings (SSSR count). The minimum atomic E-state index is -1.23. The van der Waals surface area contributed by atoms with Gasteiger partial charge in [-0.1, -0.05) is 13.2 Å². The molecule has 0 aliphatic carbocycles. The molecule has 0 aliphatic rings. The van der Waals surface area contributed by atoms with Crippen LogP contribution in [0, 0.1) is 0 Å². The molecular formula is C8H10O4Zn. The summed E-state index contributed by atoms with van der Waals surface area (Å²) >= 11 is 0. The van der Waals surface area contributed by atoms with Gasteiger partial charge in [-0.05, 0) is 12.2 Å². The first-order valence-corrected chi connectivity index (χ1v) is 2.71. The standard InChI is InChI=1S/2C3H4O2.C2H4.Zn/c2*1-2-3(4)5;1-2;/h2*2H,1H2,(H,4,5);1-2H2;/q;;;+2/p-2. The van der Waals surface area contributed by atoms with Crippen molar-refractivity contribution >= 4 is 11.9 Å². The van der Waals surface area contributed by atoms with Crippen molar-refractivity contribution in [2.24, 2.45) is 0 Å². The van der Waals surface area contributed by atoms with Gasteiger partial charge in [0, 0.05) is 0 Å². The molecule has 0 N–H and O–H groups in total. The third-order valence-electron chi connectivity index (χ3n) is 0.333. The van der Waals surface area contributed by atoms with E-state index in [2.05, 4.69) is 26.3 Å². The van der Waals surface area contributed by atoms with Crippen LogP contribution in [-0.4, -0.2) is 11.9 Å². The number of hydrogen-bond donors (Lipinski definition) is 0. The van der Waals surface area contributed by atoms with Crippen LogP contribution in [0.5, 0.6) is 0 Å². The maximum Gasteiger partial charge on any atom is 2.00 e. The number of carboxylic acid groups (broad SMARTS) is 2. The minimum Gasteiger partial charge on any atom is -0.545 e. The number of carbonyl (C=O) groups excluding carboxylic acids is 2. The molecule has 0 aromatic carbocycles. The Labute approximate surface area is 90.0 Å². The van der Waals surface area contributed by atoms with Gasteiger partial charge in [0.2, 0.25) is 0 Å². The predicted molar refractivity (Wildman–Crippen MR) is 41.7 cm³/mol. The van der Waals surface area contributed by atoms with E-state index >= 15 is 0 Å². The van der Waals surface area contributed by atoms with Gasteiger partial charge in [-0.15, -0.1) is 13.2 Å². The van der Waals surface area contributed by atoms with Gasteiger partial charge in [0.1, 0.15) is 0 Å². The summed E-state index contributed by atoms with van der Waals surface area (Å²) in [5.41, 5.74) is 0. The average molecular weight is 236 g/mol. The van der Waals surface area contributed by atoms with Crippen molar-refractivity contribution in [1.29, 1.82) is 0 Å². The smallest absolute Gasteiger partial charge is 0.545 e. The first kappa shape index (κ1) is 22.6. The zero-order valence-electron chi connectivity index (χ0n) is 7.32. The maximum atomic E-state index is 9.14. The van der Waals surface area contributed by atoms with Crippen molar-refractivity contribution in [3.8, 4) is 0 Å². The molecule has 0 bridgehead atoms. The predicted octanol–water partition coefficient (Wildman–Crippen LogP) is -1.36. The Morgan fingerprint density at radius 1 is 0.923 bits per heavy atom. The van der Waals surface area contributed by atoms with Crippen molar-refractivity contribution < 1.29 is 39.3 Å². The molecular weight excluding hydrogens is 225 g/mol. The molecule has 0 spiro atoms.